The number of aromatic hydroxyl groups is 1. The molecule has 0 aromatic heterocycles. The van der Waals surface area contributed by atoms with Crippen LogP contribution >= 0.6 is 0 Å². The summed E-state index contributed by atoms with van der Waals surface area (Å²) < 4.78 is 5.58. The van der Waals surface area contributed by atoms with Crippen molar-refractivity contribution in [2.45, 2.75) is 13.2 Å². The van der Waals surface area contributed by atoms with E-state index in [1.807, 2.05) is 30.3 Å². The zero-order chi connectivity index (χ0) is 12.1. The van der Waals surface area contributed by atoms with Crippen molar-refractivity contribution >= 4 is 0 Å². The maximum atomic E-state index is 9.14. The molecule has 0 aliphatic rings. The molecule has 2 aromatic carbocycles. The van der Waals surface area contributed by atoms with Crippen LogP contribution in [0.15, 0.2) is 48.5 Å². The molecular formula is C14H14O3. The second-order valence-electron chi connectivity index (χ2n) is 3.76. The van der Waals surface area contributed by atoms with Crippen molar-refractivity contribution in [3.05, 3.63) is 59.7 Å². The van der Waals surface area contributed by atoms with Crippen LogP contribution in [0.5, 0.6) is 11.5 Å². The largest absolute Gasteiger partial charge is 0.508 e. The van der Waals surface area contributed by atoms with E-state index in [1.54, 1.807) is 18.2 Å². The first-order valence-electron chi connectivity index (χ1n) is 5.38. The maximum Gasteiger partial charge on any atom is 0.120 e. The summed E-state index contributed by atoms with van der Waals surface area (Å²) in [6, 6.07) is 14.2. The van der Waals surface area contributed by atoms with E-state index in [9.17, 15) is 0 Å². The van der Waals surface area contributed by atoms with Crippen LogP contribution in [0.25, 0.3) is 0 Å². The summed E-state index contributed by atoms with van der Waals surface area (Å²) in [4.78, 5) is 0. The molecule has 0 heterocycles. The highest BCUT2D eigenvalue weighted by atomic mass is 16.5. The Balaban J connectivity index is 1.99. The SMILES string of the molecule is OCc1cccc(OCc2ccc(O)cc2)c1. The van der Waals surface area contributed by atoms with Gasteiger partial charge in [0, 0.05) is 0 Å². The van der Waals surface area contributed by atoms with E-state index >= 15 is 0 Å². The Hall–Kier alpha value is -2.00. The van der Waals surface area contributed by atoms with Gasteiger partial charge in [-0.2, -0.15) is 0 Å². The third-order valence-electron chi connectivity index (χ3n) is 2.42. The van der Waals surface area contributed by atoms with Gasteiger partial charge in [0.15, 0.2) is 0 Å². The number of ether oxygens (including phenoxy) is 1. The van der Waals surface area contributed by atoms with E-state index in [0.29, 0.717) is 6.61 Å². The highest BCUT2D eigenvalue weighted by Gasteiger charge is 1.98. The molecule has 3 heteroatoms. The van der Waals surface area contributed by atoms with E-state index < -0.39 is 0 Å². The predicted molar refractivity (Wildman–Crippen MR) is 64.8 cm³/mol. The predicted octanol–water partition coefficient (Wildman–Crippen LogP) is 2.46. The van der Waals surface area contributed by atoms with Crippen LogP contribution in [0.1, 0.15) is 11.1 Å². The molecule has 0 saturated heterocycles. The van der Waals surface area contributed by atoms with Crippen molar-refractivity contribution in [1.82, 2.24) is 0 Å². The Morgan fingerprint density at radius 2 is 1.71 bits per heavy atom. The fourth-order valence-corrected chi connectivity index (χ4v) is 1.49. The molecule has 0 bridgehead atoms. The van der Waals surface area contributed by atoms with E-state index in [1.165, 1.54) is 0 Å². The number of rotatable bonds is 4. The lowest BCUT2D eigenvalue weighted by atomic mass is 10.2. The lowest BCUT2D eigenvalue weighted by Crippen LogP contribution is -1.95. The van der Waals surface area contributed by atoms with Gasteiger partial charge < -0.3 is 14.9 Å². The standard InChI is InChI=1S/C14H14O3/c15-9-12-2-1-3-14(8-12)17-10-11-4-6-13(16)7-5-11/h1-8,15-16H,9-10H2. The Morgan fingerprint density at radius 1 is 0.941 bits per heavy atom. The minimum absolute atomic E-state index is 0.0103. The normalized spacial score (nSPS) is 10.2. The Bertz CT molecular complexity index is 477. The van der Waals surface area contributed by atoms with Crippen LogP contribution in [-0.4, -0.2) is 10.2 Å². The van der Waals surface area contributed by atoms with Gasteiger partial charge in [0.2, 0.25) is 0 Å². The molecule has 2 rings (SSSR count). The van der Waals surface area contributed by atoms with E-state index in [2.05, 4.69) is 0 Å². The summed E-state index contributed by atoms with van der Waals surface area (Å²) in [5.74, 6) is 0.973. The number of aliphatic hydroxyl groups is 1. The Kier molecular flexibility index (Phi) is 3.62. The highest BCUT2D eigenvalue weighted by Crippen LogP contribution is 2.16. The number of hydrogen-bond donors (Lipinski definition) is 2. The van der Waals surface area contributed by atoms with Crippen LogP contribution in [0.3, 0.4) is 0 Å². The van der Waals surface area contributed by atoms with Gasteiger partial charge in [-0.3, -0.25) is 0 Å². The Labute approximate surface area is 99.9 Å². The summed E-state index contributed by atoms with van der Waals surface area (Å²) in [7, 11) is 0. The van der Waals surface area contributed by atoms with E-state index in [4.69, 9.17) is 14.9 Å². The molecule has 0 fully saturated rings. The quantitative estimate of drug-likeness (QED) is 0.848. The van der Waals surface area contributed by atoms with E-state index in [0.717, 1.165) is 16.9 Å². The number of benzene rings is 2. The first-order chi connectivity index (χ1) is 8.28. The minimum atomic E-state index is 0.0103. The third-order valence-corrected chi connectivity index (χ3v) is 2.42. The summed E-state index contributed by atoms with van der Waals surface area (Å²) in [6.45, 7) is 0.450. The molecule has 0 aliphatic carbocycles. The summed E-state index contributed by atoms with van der Waals surface area (Å²) in [6.07, 6.45) is 0. The summed E-state index contributed by atoms with van der Waals surface area (Å²) in [5.41, 5.74) is 1.81. The van der Waals surface area contributed by atoms with Gasteiger partial charge in [0.05, 0.1) is 6.61 Å². The number of hydrogen-bond acceptors (Lipinski definition) is 3. The van der Waals surface area contributed by atoms with Crippen molar-refractivity contribution < 1.29 is 14.9 Å². The van der Waals surface area contributed by atoms with Gasteiger partial charge >= 0.3 is 0 Å². The first-order valence-corrected chi connectivity index (χ1v) is 5.38. The van der Waals surface area contributed by atoms with Gasteiger partial charge in [0.1, 0.15) is 18.1 Å². The van der Waals surface area contributed by atoms with Crippen LogP contribution in [0.4, 0.5) is 0 Å². The van der Waals surface area contributed by atoms with Crippen LogP contribution in [0, 0.1) is 0 Å². The summed E-state index contributed by atoms with van der Waals surface area (Å²) >= 11 is 0. The van der Waals surface area contributed by atoms with Crippen molar-refractivity contribution in [3.63, 3.8) is 0 Å². The van der Waals surface area contributed by atoms with Crippen LogP contribution < -0.4 is 4.74 Å². The zero-order valence-electron chi connectivity index (χ0n) is 9.34. The molecule has 0 spiro atoms. The molecule has 17 heavy (non-hydrogen) atoms. The average Bonchev–Trinajstić information content (AvgIpc) is 2.38. The molecule has 0 saturated carbocycles. The van der Waals surface area contributed by atoms with Gasteiger partial charge in [-0.25, -0.2) is 0 Å². The van der Waals surface area contributed by atoms with Gasteiger partial charge in [-0.1, -0.05) is 24.3 Å². The molecule has 0 amide bonds. The Morgan fingerprint density at radius 3 is 2.41 bits per heavy atom. The minimum Gasteiger partial charge on any atom is -0.508 e. The van der Waals surface area contributed by atoms with Gasteiger partial charge in [-0.05, 0) is 35.4 Å². The first kappa shape index (κ1) is 11.5. The average molecular weight is 230 g/mol. The molecule has 3 nitrogen and oxygen atoms in total. The van der Waals surface area contributed by atoms with Crippen molar-refractivity contribution in [1.29, 1.82) is 0 Å². The fraction of sp³-hybridized carbons (Fsp3) is 0.143. The van der Waals surface area contributed by atoms with E-state index in [-0.39, 0.29) is 12.4 Å². The lowest BCUT2D eigenvalue weighted by molar-refractivity contribution is 0.278. The van der Waals surface area contributed by atoms with Gasteiger partial charge in [0.25, 0.3) is 0 Å². The van der Waals surface area contributed by atoms with Crippen LogP contribution in [0.2, 0.25) is 0 Å². The molecule has 2 N–H and O–H groups in total. The molecule has 0 unspecified atom stereocenters. The number of phenolic OH excluding ortho intramolecular Hbond substituents is 1. The highest BCUT2D eigenvalue weighted by molar-refractivity contribution is 5.29. The monoisotopic (exact) mass is 230 g/mol. The van der Waals surface area contributed by atoms with Crippen molar-refractivity contribution in [2.75, 3.05) is 0 Å². The second-order valence-corrected chi connectivity index (χ2v) is 3.76. The third kappa shape index (κ3) is 3.23. The van der Waals surface area contributed by atoms with Gasteiger partial charge in [-0.15, -0.1) is 0 Å². The molecular weight excluding hydrogens is 216 g/mol. The zero-order valence-corrected chi connectivity index (χ0v) is 9.34. The van der Waals surface area contributed by atoms with Crippen molar-refractivity contribution in [2.24, 2.45) is 0 Å². The smallest absolute Gasteiger partial charge is 0.120 e. The molecule has 0 radical (unpaired) electrons. The fourth-order valence-electron chi connectivity index (χ4n) is 1.49. The molecule has 88 valence electrons. The lowest BCUT2D eigenvalue weighted by Gasteiger charge is -2.07. The number of phenols is 1. The maximum absolute atomic E-state index is 9.14. The second kappa shape index (κ2) is 5.37. The molecule has 0 aliphatic heterocycles. The van der Waals surface area contributed by atoms with Crippen LogP contribution in [-0.2, 0) is 13.2 Å². The summed E-state index contributed by atoms with van der Waals surface area (Å²) in [5, 5.41) is 18.1. The topological polar surface area (TPSA) is 49.7 Å². The molecule has 2 aromatic rings. The molecule has 0 atom stereocenters. The van der Waals surface area contributed by atoms with Crippen molar-refractivity contribution in [3.8, 4) is 11.5 Å². The number of aliphatic hydroxyl groups excluding tert-OH is 1.